The summed E-state index contributed by atoms with van der Waals surface area (Å²) in [5, 5.41) is 9.43. The number of β-amino-alcohol motifs (C(OH)–C–C–N with tert-alkyl or cyclic N) is 1. The molecule has 3 heterocycles. The van der Waals surface area contributed by atoms with Crippen LogP contribution < -0.4 is 4.90 Å². The van der Waals surface area contributed by atoms with Gasteiger partial charge in [-0.2, -0.15) is 0 Å². The van der Waals surface area contributed by atoms with E-state index in [1.807, 2.05) is 26.0 Å². The molecule has 0 aromatic carbocycles. The number of nitrogens with zero attached hydrogens (tertiary/aromatic N) is 4. The Balaban J connectivity index is 2.03. The third-order valence-corrected chi connectivity index (χ3v) is 3.45. The van der Waals surface area contributed by atoms with Crippen LogP contribution >= 0.6 is 0 Å². The normalized spacial score (nSPS) is 15.4. The molecule has 0 saturated carbocycles. The zero-order valence-electron chi connectivity index (χ0n) is 11.0. The molecule has 0 spiro atoms. The van der Waals surface area contributed by atoms with Crippen molar-refractivity contribution in [1.82, 2.24) is 15.0 Å². The minimum Gasteiger partial charge on any atom is -0.389 e. The highest BCUT2D eigenvalue weighted by atomic mass is 16.3. The van der Waals surface area contributed by atoms with Crippen LogP contribution in [0.3, 0.4) is 0 Å². The first kappa shape index (κ1) is 12.0. The number of aromatic nitrogens is 3. The fourth-order valence-electron chi connectivity index (χ4n) is 2.17. The maximum atomic E-state index is 9.43. The van der Waals surface area contributed by atoms with E-state index < -0.39 is 0 Å². The maximum absolute atomic E-state index is 9.43. The van der Waals surface area contributed by atoms with E-state index >= 15 is 0 Å². The fourth-order valence-corrected chi connectivity index (χ4v) is 2.17. The van der Waals surface area contributed by atoms with E-state index in [1.165, 1.54) is 0 Å². The first-order valence-electron chi connectivity index (χ1n) is 6.34. The van der Waals surface area contributed by atoms with Crippen LogP contribution in [0.1, 0.15) is 11.3 Å². The Morgan fingerprint density at radius 3 is 2.68 bits per heavy atom. The predicted molar refractivity (Wildman–Crippen MR) is 73.0 cm³/mol. The molecule has 1 fully saturated rings. The minimum absolute atomic E-state index is 0.239. The van der Waals surface area contributed by atoms with Gasteiger partial charge in [0.15, 0.2) is 5.82 Å². The van der Waals surface area contributed by atoms with E-state index in [1.54, 1.807) is 12.4 Å². The molecule has 1 N–H and O–H groups in total. The number of anilines is 1. The number of aliphatic hydroxyl groups is 1. The zero-order valence-corrected chi connectivity index (χ0v) is 11.0. The van der Waals surface area contributed by atoms with Crippen LogP contribution in [0, 0.1) is 13.8 Å². The van der Waals surface area contributed by atoms with Gasteiger partial charge in [0.05, 0.1) is 6.10 Å². The molecular weight excluding hydrogens is 240 g/mol. The molecule has 5 heteroatoms. The van der Waals surface area contributed by atoms with E-state index in [0.717, 1.165) is 22.6 Å². The van der Waals surface area contributed by atoms with Gasteiger partial charge in [0.2, 0.25) is 0 Å². The second kappa shape index (κ2) is 4.59. The highest BCUT2D eigenvalue weighted by Gasteiger charge is 2.27. The first-order valence-corrected chi connectivity index (χ1v) is 6.34. The van der Waals surface area contributed by atoms with Crippen LogP contribution in [0.4, 0.5) is 5.82 Å². The molecule has 1 aliphatic rings. The fraction of sp³-hybridized carbons (Fsp3) is 0.357. The molecule has 2 aromatic heterocycles. The summed E-state index contributed by atoms with van der Waals surface area (Å²) in [6.07, 6.45) is 3.26. The van der Waals surface area contributed by atoms with Crippen LogP contribution in [0.25, 0.3) is 11.4 Å². The van der Waals surface area contributed by atoms with Gasteiger partial charge in [-0.3, -0.25) is 4.98 Å². The summed E-state index contributed by atoms with van der Waals surface area (Å²) in [6.45, 7) is 5.28. The van der Waals surface area contributed by atoms with Crippen molar-refractivity contribution < 1.29 is 5.11 Å². The van der Waals surface area contributed by atoms with Crippen LogP contribution in [0.5, 0.6) is 0 Å². The summed E-state index contributed by atoms with van der Waals surface area (Å²) < 4.78 is 0. The quantitative estimate of drug-likeness (QED) is 0.878. The minimum atomic E-state index is -0.239. The van der Waals surface area contributed by atoms with E-state index in [2.05, 4.69) is 19.9 Å². The van der Waals surface area contributed by atoms with Gasteiger partial charge in [0, 0.05) is 42.3 Å². The Labute approximate surface area is 112 Å². The third-order valence-electron chi connectivity index (χ3n) is 3.45. The average molecular weight is 256 g/mol. The van der Waals surface area contributed by atoms with E-state index in [-0.39, 0.29) is 6.10 Å². The molecule has 2 aromatic rings. The number of hydrogen-bond acceptors (Lipinski definition) is 5. The van der Waals surface area contributed by atoms with Gasteiger partial charge in [-0.1, -0.05) is 0 Å². The molecule has 0 atom stereocenters. The zero-order chi connectivity index (χ0) is 13.4. The van der Waals surface area contributed by atoms with Gasteiger partial charge in [0.25, 0.3) is 0 Å². The van der Waals surface area contributed by atoms with Crippen molar-refractivity contribution in [2.24, 2.45) is 0 Å². The molecule has 19 heavy (non-hydrogen) atoms. The number of hydrogen-bond donors (Lipinski definition) is 1. The summed E-state index contributed by atoms with van der Waals surface area (Å²) in [6, 6.07) is 3.83. The highest BCUT2D eigenvalue weighted by molar-refractivity contribution is 5.60. The van der Waals surface area contributed by atoms with Crippen molar-refractivity contribution in [2.45, 2.75) is 20.0 Å². The molecule has 0 bridgehead atoms. The molecule has 98 valence electrons. The second-order valence-electron chi connectivity index (χ2n) is 4.88. The lowest BCUT2D eigenvalue weighted by Gasteiger charge is -2.38. The van der Waals surface area contributed by atoms with Crippen molar-refractivity contribution in [3.8, 4) is 11.4 Å². The Morgan fingerprint density at radius 2 is 2.05 bits per heavy atom. The van der Waals surface area contributed by atoms with Gasteiger partial charge < -0.3 is 10.0 Å². The third kappa shape index (κ3) is 2.17. The molecule has 1 saturated heterocycles. The molecule has 1 aliphatic heterocycles. The Bertz CT molecular complexity index is 594. The van der Waals surface area contributed by atoms with E-state index in [0.29, 0.717) is 18.9 Å². The molecule has 5 nitrogen and oxygen atoms in total. The molecule has 3 rings (SSSR count). The van der Waals surface area contributed by atoms with Crippen LogP contribution in [0.15, 0.2) is 24.5 Å². The molecule has 0 amide bonds. The first-order chi connectivity index (χ1) is 9.15. The number of aryl methyl sites for hydroxylation is 1. The van der Waals surface area contributed by atoms with Crippen molar-refractivity contribution in [1.29, 1.82) is 0 Å². The Morgan fingerprint density at radius 1 is 1.26 bits per heavy atom. The number of rotatable bonds is 2. The van der Waals surface area contributed by atoms with Crippen LogP contribution in [-0.4, -0.2) is 39.3 Å². The maximum Gasteiger partial charge on any atom is 0.163 e. The summed E-state index contributed by atoms with van der Waals surface area (Å²) >= 11 is 0. The van der Waals surface area contributed by atoms with E-state index in [4.69, 9.17) is 0 Å². The summed E-state index contributed by atoms with van der Waals surface area (Å²) in [4.78, 5) is 15.3. The molecule has 0 radical (unpaired) electrons. The molecular formula is C14H16N4O. The SMILES string of the molecule is Cc1nc(-c2cccnc2)nc(N2CC(O)C2)c1C. The van der Waals surface area contributed by atoms with Crippen LogP contribution in [-0.2, 0) is 0 Å². The Hall–Kier alpha value is -2.01. The van der Waals surface area contributed by atoms with Gasteiger partial charge >= 0.3 is 0 Å². The Kier molecular flexibility index (Phi) is 2.91. The average Bonchev–Trinajstić information content (AvgIpc) is 2.39. The second-order valence-corrected chi connectivity index (χ2v) is 4.88. The summed E-state index contributed by atoms with van der Waals surface area (Å²) in [5.74, 6) is 1.60. The standard InChI is InChI=1S/C14H16N4O/c1-9-10(2)16-13(11-4-3-5-15-6-11)17-14(9)18-7-12(19)8-18/h3-6,12,19H,7-8H2,1-2H3. The van der Waals surface area contributed by atoms with Gasteiger partial charge in [0.1, 0.15) is 5.82 Å². The molecule has 0 unspecified atom stereocenters. The topological polar surface area (TPSA) is 62.1 Å². The highest BCUT2D eigenvalue weighted by Crippen LogP contribution is 2.27. The number of pyridine rings is 1. The lowest BCUT2D eigenvalue weighted by molar-refractivity contribution is 0.141. The van der Waals surface area contributed by atoms with Crippen molar-refractivity contribution in [3.63, 3.8) is 0 Å². The van der Waals surface area contributed by atoms with Crippen molar-refractivity contribution >= 4 is 5.82 Å². The van der Waals surface area contributed by atoms with Crippen molar-refractivity contribution in [2.75, 3.05) is 18.0 Å². The van der Waals surface area contributed by atoms with Gasteiger partial charge in [-0.25, -0.2) is 9.97 Å². The summed E-state index contributed by atoms with van der Waals surface area (Å²) in [7, 11) is 0. The molecule has 0 aliphatic carbocycles. The van der Waals surface area contributed by atoms with E-state index in [9.17, 15) is 5.11 Å². The van der Waals surface area contributed by atoms with Crippen LogP contribution in [0.2, 0.25) is 0 Å². The lowest BCUT2D eigenvalue weighted by atomic mass is 10.1. The smallest absolute Gasteiger partial charge is 0.163 e. The largest absolute Gasteiger partial charge is 0.389 e. The van der Waals surface area contributed by atoms with Crippen molar-refractivity contribution in [3.05, 3.63) is 35.8 Å². The summed E-state index contributed by atoms with van der Waals surface area (Å²) in [5.41, 5.74) is 2.94. The monoisotopic (exact) mass is 256 g/mol. The van der Waals surface area contributed by atoms with Gasteiger partial charge in [-0.05, 0) is 26.0 Å². The van der Waals surface area contributed by atoms with Gasteiger partial charge in [-0.15, -0.1) is 0 Å². The lowest BCUT2D eigenvalue weighted by Crippen LogP contribution is -2.51. The number of aliphatic hydroxyl groups excluding tert-OH is 1. The predicted octanol–water partition coefficient (Wildman–Crippen LogP) is 1.34.